The zero-order valence-electron chi connectivity index (χ0n) is 12.7. The second kappa shape index (κ2) is 6.38. The van der Waals surface area contributed by atoms with Crippen LogP contribution < -0.4 is 5.32 Å². The summed E-state index contributed by atoms with van der Waals surface area (Å²) in [6.45, 7) is 5.55. The third-order valence-corrected chi connectivity index (χ3v) is 4.82. The molecule has 2 aliphatic rings. The van der Waals surface area contributed by atoms with Gasteiger partial charge in [-0.1, -0.05) is 15.9 Å². The van der Waals surface area contributed by atoms with E-state index in [9.17, 15) is 9.59 Å². The Morgan fingerprint density at radius 3 is 2.91 bits per heavy atom. The first kappa shape index (κ1) is 15.5. The maximum Gasteiger partial charge on any atom is 0.239 e. The van der Waals surface area contributed by atoms with Crippen molar-refractivity contribution < 1.29 is 9.59 Å². The van der Waals surface area contributed by atoms with E-state index in [1.807, 2.05) is 0 Å². The van der Waals surface area contributed by atoms with Crippen molar-refractivity contribution in [3.8, 4) is 0 Å². The number of piperazine rings is 1. The molecule has 0 spiro atoms. The van der Waals surface area contributed by atoms with E-state index < -0.39 is 0 Å². The van der Waals surface area contributed by atoms with Crippen LogP contribution in [0.1, 0.15) is 16.7 Å². The van der Waals surface area contributed by atoms with Gasteiger partial charge < -0.3 is 10.2 Å². The minimum atomic E-state index is -0.0655. The van der Waals surface area contributed by atoms with Gasteiger partial charge in [-0.25, -0.2) is 0 Å². The first-order valence-corrected chi connectivity index (χ1v) is 8.37. The molecular weight excluding hydrogens is 346 g/mol. The number of carbonyl (C=O) groups excluding carboxylic acids is 2. The van der Waals surface area contributed by atoms with Crippen molar-refractivity contribution in [3.05, 3.63) is 33.3 Å². The molecule has 0 saturated carbocycles. The zero-order chi connectivity index (χ0) is 15.7. The second-order valence-electron chi connectivity index (χ2n) is 5.99. The lowest BCUT2D eigenvalue weighted by atomic mass is 9.95. The van der Waals surface area contributed by atoms with Gasteiger partial charge in [-0.2, -0.15) is 0 Å². The number of hydrogen-bond acceptors (Lipinski definition) is 3. The highest BCUT2D eigenvalue weighted by molar-refractivity contribution is 9.10. The molecule has 1 N–H and O–H groups in total. The fraction of sp³-hybridized carbons (Fsp3) is 0.500. The van der Waals surface area contributed by atoms with Gasteiger partial charge in [0, 0.05) is 30.7 Å². The van der Waals surface area contributed by atoms with Crippen LogP contribution in [0.15, 0.2) is 16.6 Å². The lowest BCUT2D eigenvalue weighted by Crippen LogP contribution is -2.52. The average molecular weight is 366 g/mol. The molecule has 2 heterocycles. The Hall–Kier alpha value is -1.40. The molecule has 3 rings (SSSR count). The van der Waals surface area contributed by atoms with E-state index in [0.717, 1.165) is 24.0 Å². The van der Waals surface area contributed by atoms with Gasteiger partial charge in [0.05, 0.1) is 13.1 Å². The number of carbonyl (C=O) groups is 2. The summed E-state index contributed by atoms with van der Waals surface area (Å²) in [5, 5.41) is 2.75. The normalized spacial score (nSPS) is 18.8. The molecule has 0 aliphatic carbocycles. The van der Waals surface area contributed by atoms with Crippen LogP contribution in [0.4, 0.5) is 0 Å². The SMILES string of the molecule is Cc1cc(Br)cc2c1CN(CC(=O)N1CCNC(=O)C1)CC2. The third kappa shape index (κ3) is 3.33. The number of amides is 2. The monoisotopic (exact) mass is 365 g/mol. The van der Waals surface area contributed by atoms with Gasteiger partial charge in [0.2, 0.25) is 11.8 Å². The summed E-state index contributed by atoms with van der Waals surface area (Å²) < 4.78 is 1.12. The highest BCUT2D eigenvalue weighted by Gasteiger charge is 2.25. The van der Waals surface area contributed by atoms with E-state index in [0.29, 0.717) is 19.6 Å². The molecule has 0 radical (unpaired) electrons. The van der Waals surface area contributed by atoms with E-state index in [1.165, 1.54) is 16.7 Å². The molecule has 2 amide bonds. The van der Waals surface area contributed by atoms with E-state index in [4.69, 9.17) is 0 Å². The van der Waals surface area contributed by atoms with E-state index >= 15 is 0 Å². The maximum atomic E-state index is 12.4. The Labute approximate surface area is 138 Å². The van der Waals surface area contributed by atoms with E-state index in [-0.39, 0.29) is 18.4 Å². The maximum absolute atomic E-state index is 12.4. The van der Waals surface area contributed by atoms with Gasteiger partial charge in [0.1, 0.15) is 0 Å². The molecule has 1 saturated heterocycles. The topological polar surface area (TPSA) is 52.7 Å². The summed E-state index contributed by atoms with van der Waals surface area (Å²) in [5.74, 6) is -0.0163. The fourth-order valence-corrected chi connectivity index (χ4v) is 3.77. The van der Waals surface area contributed by atoms with Crippen molar-refractivity contribution >= 4 is 27.7 Å². The first-order valence-electron chi connectivity index (χ1n) is 7.57. The van der Waals surface area contributed by atoms with Crippen molar-refractivity contribution in [2.24, 2.45) is 0 Å². The minimum Gasteiger partial charge on any atom is -0.353 e. The summed E-state index contributed by atoms with van der Waals surface area (Å²) in [4.78, 5) is 27.6. The highest BCUT2D eigenvalue weighted by atomic mass is 79.9. The molecule has 0 bridgehead atoms. The van der Waals surface area contributed by atoms with Crippen molar-refractivity contribution in [1.29, 1.82) is 0 Å². The summed E-state index contributed by atoms with van der Waals surface area (Å²) in [6, 6.07) is 4.30. The first-order chi connectivity index (χ1) is 10.5. The Kier molecular flexibility index (Phi) is 4.49. The van der Waals surface area contributed by atoms with Gasteiger partial charge in [-0.15, -0.1) is 0 Å². The molecule has 5 nitrogen and oxygen atoms in total. The Morgan fingerprint density at radius 2 is 2.14 bits per heavy atom. The van der Waals surface area contributed by atoms with Gasteiger partial charge in [-0.05, 0) is 42.2 Å². The van der Waals surface area contributed by atoms with Gasteiger partial charge in [-0.3, -0.25) is 14.5 Å². The van der Waals surface area contributed by atoms with E-state index in [1.54, 1.807) is 4.90 Å². The van der Waals surface area contributed by atoms with E-state index in [2.05, 4.69) is 45.2 Å². The molecule has 6 heteroatoms. The molecule has 0 atom stereocenters. The quantitative estimate of drug-likeness (QED) is 0.852. The van der Waals surface area contributed by atoms with Crippen molar-refractivity contribution in [1.82, 2.24) is 15.1 Å². The highest BCUT2D eigenvalue weighted by Crippen LogP contribution is 2.26. The largest absolute Gasteiger partial charge is 0.353 e. The fourth-order valence-electron chi connectivity index (χ4n) is 3.15. The average Bonchev–Trinajstić information content (AvgIpc) is 2.48. The number of fused-ring (bicyclic) bond motifs is 1. The molecule has 0 aromatic heterocycles. The Bertz CT molecular complexity index is 618. The van der Waals surface area contributed by atoms with Gasteiger partial charge in [0.15, 0.2) is 0 Å². The molecule has 2 aliphatic heterocycles. The second-order valence-corrected chi connectivity index (χ2v) is 6.90. The van der Waals surface area contributed by atoms with Crippen LogP contribution in [0.5, 0.6) is 0 Å². The van der Waals surface area contributed by atoms with Crippen LogP contribution in [0, 0.1) is 6.92 Å². The lowest BCUT2D eigenvalue weighted by molar-refractivity contribution is -0.139. The smallest absolute Gasteiger partial charge is 0.239 e. The van der Waals surface area contributed by atoms with Crippen molar-refractivity contribution in [2.45, 2.75) is 19.9 Å². The standard InChI is InChI=1S/C16H20BrN3O2/c1-11-6-13(17)7-12-2-4-19(8-14(11)12)10-16(22)20-5-3-18-15(21)9-20/h6-7H,2-5,8-10H2,1H3,(H,18,21). The number of hydrogen-bond donors (Lipinski definition) is 1. The number of nitrogens with one attached hydrogen (secondary N) is 1. The number of aryl methyl sites for hydroxylation is 1. The molecule has 0 unspecified atom stereocenters. The van der Waals surface area contributed by atoms with Crippen LogP contribution in [0.2, 0.25) is 0 Å². The van der Waals surface area contributed by atoms with Gasteiger partial charge in [0.25, 0.3) is 0 Å². The zero-order valence-corrected chi connectivity index (χ0v) is 14.3. The molecule has 22 heavy (non-hydrogen) atoms. The lowest BCUT2D eigenvalue weighted by Gasteiger charge is -2.33. The Morgan fingerprint density at radius 1 is 1.32 bits per heavy atom. The van der Waals surface area contributed by atoms with Crippen molar-refractivity contribution in [2.75, 3.05) is 32.7 Å². The number of rotatable bonds is 2. The van der Waals surface area contributed by atoms with Gasteiger partial charge >= 0.3 is 0 Å². The molecule has 1 fully saturated rings. The summed E-state index contributed by atoms with van der Waals surface area (Å²) in [6.07, 6.45) is 0.962. The van der Waals surface area contributed by atoms with Crippen molar-refractivity contribution in [3.63, 3.8) is 0 Å². The number of nitrogens with zero attached hydrogens (tertiary/aromatic N) is 2. The molecule has 1 aromatic rings. The summed E-state index contributed by atoms with van der Waals surface area (Å²) >= 11 is 3.54. The van der Waals surface area contributed by atoms with Crippen LogP contribution in [0.25, 0.3) is 0 Å². The van der Waals surface area contributed by atoms with Crippen LogP contribution in [0.3, 0.4) is 0 Å². The number of benzene rings is 1. The Balaban J connectivity index is 1.65. The third-order valence-electron chi connectivity index (χ3n) is 4.36. The summed E-state index contributed by atoms with van der Waals surface area (Å²) in [7, 11) is 0. The minimum absolute atomic E-state index is 0.0491. The molecule has 1 aromatic carbocycles. The van der Waals surface area contributed by atoms with Crippen LogP contribution in [-0.4, -0.2) is 54.3 Å². The number of halogens is 1. The molecule has 118 valence electrons. The summed E-state index contributed by atoms with van der Waals surface area (Å²) in [5.41, 5.74) is 3.96. The van der Waals surface area contributed by atoms with Crippen LogP contribution in [-0.2, 0) is 22.6 Å². The predicted octanol–water partition coefficient (Wildman–Crippen LogP) is 1.07. The predicted molar refractivity (Wildman–Crippen MR) is 87.4 cm³/mol. The van der Waals surface area contributed by atoms with Crippen LogP contribution >= 0.6 is 15.9 Å². The molecular formula is C16H20BrN3O2.